The third kappa shape index (κ3) is 5.45. The van der Waals surface area contributed by atoms with E-state index in [1.54, 1.807) is 31.4 Å². The van der Waals surface area contributed by atoms with E-state index in [2.05, 4.69) is 20.8 Å². The molecule has 9 heteroatoms. The molecule has 0 radical (unpaired) electrons. The van der Waals surface area contributed by atoms with Crippen LogP contribution in [-0.2, 0) is 4.74 Å². The molecule has 9 nitrogen and oxygen atoms in total. The molecule has 0 aliphatic heterocycles. The van der Waals surface area contributed by atoms with Crippen LogP contribution in [0.15, 0.2) is 24.3 Å². The van der Waals surface area contributed by atoms with Crippen molar-refractivity contribution in [2.45, 2.75) is 6.42 Å². The molecule has 2 rings (SSSR count). The molecule has 2 aromatic rings. The summed E-state index contributed by atoms with van der Waals surface area (Å²) in [7, 11) is 6.14. The van der Waals surface area contributed by atoms with Crippen LogP contribution in [0, 0.1) is 0 Å². The van der Waals surface area contributed by atoms with Crippen molar-refractivity contribution in [1.29, 1.82) is 0 Å². The van der Waals surface area contributed by atoms with Gasteiger partial charge in [-0.1, -0.05) is 0 Å². The van der Waals surface area contributed by atoms with Gasteiger partial charge in [-0.25, -0.2) is 0 Å². The molecule has 0 spiro atoms. The van der Waals surface area contributed by atoms with E-state index in [-0.39, 0.29) is 5.91 Å². The average molecular weight is 376 g/mol. The number of carbonyl (C=O) groups is 1. The average Bonchev–Trinajstić information content (AvgIpc) is 2.71. The predicted octanol–water partition coefficient (Wildman–Crippen LogP) is 2.20. The third-order valence-corrected chi connectivity index (χ3v) is 3.66. The summed E-state index contributed by atoms with van der Waals surface area (Å²) < 4.78 is 20.8. The zero-order chi connectivity index (χ0) is 19.6. The molecule has 1 amide bonds. The minimum atomic E-state index is -0.371. The van der Waals surface area contributed by atoms with Crippen molar-refractivity contribution in [3.05, 3.63) is 29.8 Å². The Morgan fingerprint density at radius 2 is 1.59 bits per heavy atom. The number of methoxy groups -OCH3 is 4. The Morgan fingerprint density at radius 3 is 2.11 bits per heavy atom. The lowest BCUT2D eigenvalue weighted by atomic mass is 10.1. The molecule has 1 aromatic carbocycles. The van der Waals surface area contributed by atoms with E-state index in [4.69, 9.17) is 18.9 Å². The van der Waals surface area contributed by atoms with Crippen LogP contribution in [-0.4, -0.2) is 57.7 Å². The Morgan fingerprint density at radius 1 is 0.963 bits per heavy atom. The van der Waals surface area contributed by atoms with Gasteiger partial charge in [0.25, 0.3) is 5.91 Å². The summed E-state index contributed by atoms with van der Waals surface area (Å²) >= 11 is 0. The van der Waals surface area contributed by atoms with E-state index in [1.807, 2.05) is 0 Å². The summed E-state index contributed by atoms with van der Waals surface area (Å²) in [6.45, 7) is 1.39. The van der Waals surface area contributed by atoms with E-state index >= 15 is 0 Å². The molecule has 0 unspecified atom stereocenters. The zero-order valence-corrected chi connectivity index (χ0v) is 15.9. The quantitative estimate of drug-likeness (QED) is 0.608. The van der Waals surface area contributed by atoms with Crippen molar-refractivity contribution in [1.82, 2.24) is 10.2 Å². The number of rotatable bonds is 10. The molecule has 0 fully saturated rings. The summed E-state index contributed by atoms with van der Waals surface area (Å²) in [6.07, 6.45) is 0.859. The van der Waals surface area contributed by atoms with Gasteiger partial charge in [0, 0.05) is 25.8 Å². The number of anilines is 2. The van der Waals surface area contributed by atoms with Gasteiger partial charge in [-0.05, 0) is 30.7 Å². The van der Waals surface area contributed by atoms with Gasteiger partial charge in [0.1, 0.15) is 5.82 Å². The van der Waals surface area contributed by atoms with Gasteiger partial charge in [0.2, 0.25) is 5.75 Å². The maximum absolute atomic E-state index is 12.5. The lowest BCUT2D eigenvalue weighted by Gasteiger charge is -2.14. The first kappa shape index (κ1) is 20.2. The van der Waals surface area contributed by atoms with Gasteiger partial charge in [0.05, 0.1) is 21.3 Å². The number of nitrogens with zero attached hydrogens (tertiary/aromatic N) is 2. The summed E-state index contributed by atoms with van der Waals surface area (Å²) in [6, 6.07) is 6.54. The second kappa shape index (κ2) is 10.2. The fraction of sp³-hybridized carbons (Fsp3) is 0.389. The summed E-state index contributed by atoms with van der Waals surface area (Å²) in [5.74, 6) is 1.78. The minimum absolute atomic E-state index is 0.330. The highest BCUT2D eigenvalue weighted by atomic mass is 16.5. The number of amides is 1. The van der Waals surface area contributed by atoms with E-state index in [1.165, 1.54) is 21.3 Å². The first-order chi connectivity index (χ1) is 13.1. The first-order valence-electron chi connectivity index (χ1n) is 8.30. The Labute approximate surface area is 158 Å². The monoisotopic (exact) mass is 376 g/mol. The summed E-state index contributed by atoms with van der Waals surface area (Å²) in [5, 5.41) is 13.8. The Bertz CT molecular complexity index is 727. The van der Waals surface area contributed by atoms with Gasteiger partial charge in [0.15, 0.2) is 17.3 Å². The maximum atomic E-state index is 12.5. The van der Waals surface area contributed by atoms with Crippen molar-refractivity contribution in [2.75, 3.05) is 52.2 Å². The number of benzene rings is 1. The van der Waals surface area contributed by atoms with Crippen LogP contribution in [0.25, 0.3) is 0 Å². The smallest absolute Gasteiger partial charge is 0.257 e. The van der Waals surface area contributed by atoms with Crippen molar-refractivity contribution in [3.8, 4) is 17.2 Å². The fourth-order valence-corrected chi connectivity index (χ4v) is 2.33. The van der Waals surface area contributed by atoms with Gasteiger partial charge in [-0.15, -0.1) is 10.2 Å². The maximum Gasteiger partial charge on any atom is 0.257 e. The molecule has 0 aliphatic rings. The van der Waals surface area contributed by atoms with E-state index in [0.29, 0.717) is 41.1 Å². The molecule has 0 aliphatic carbocycles. The van der Waals surface area contributed by atoms with Crippen molar-refractivity contribution in [2.24, 2.45) is 0 Å². The number of hydrogen-bond acceptors (Lipinski definition) is 8. The predicted molar refractivity (Wildman–Crippen MR) is 101 cm³/mol. The second-order valence-electron chi connectivity index (χ2n) is 5.45. The van der Waals surface area contributed by atoms with Gasteiger partial charge >= 0.3 is 0 Å². The third-order valence-electron chi connectivity index (χ3n) is 3.66. The Hall–Kier alpha value is -3.07. The number of carbonyl (C=O) groups excluding carboxylic acids is 1. The van der Waals surface area contributed by atoms with E-state index in [0.717, 1.165) is 13.0 Å². The van der Waals surface area contributed by atoms with Crippen LogP contribution in [0.2, 0.25) is 0 Å². The van der Waals surface area contributed by atoms with Crippen LogP contribution >= 0.6 is 0 Å². The van der Waals surface area contributed by atoms with Crippen LogP contribution in [0.4, 0.5) is 11.6 Å². The SMILES string of the molecule is COCCCNc1ccc(NC(=O)c2cc(OC)c(OC)c(OC)c2)nn1. The molecule has 1 aromatic heterocycles. The molecule has 2 N–H and O–H groups in total. The van der Waals surface area contributed by atoms with Crippen molar-refractivity contribution in [3.63, 3.8) is 0 Å². The van der Waals surface area contributed by atoms with Crippen LogP contribution in [0.3, 0.4) is 0 Å². The highest BCUT2D eigenvalue weighted by Crippen LogP contribution is 2.38. The lowest BCUT2D eigenvalue weighted by Crippen LogP contribution is -2.14. The molecule has 0 atom stereocenters. The zero-order valence-electron chi connectivity index (χ0n) is 15.9. The van der Waals surface area contributed by atoms with Gasteiger partial charge in [-0.2, -0.15) is 0 Å². The highest BCUT2D eigenvalue weighted by Gasteiger charge is 2.17. The van der Waals surface area contributed by atoms with E-state index in [9.17, 15) is 4.79 Å². The number of aromatic nitrogens is 2. The number of ether oxygens (including phenoxy) is 4. The number of hydrogen-bond donors (Lipinski definition) is 2. The molecule has 0 bridgehead atoms. The van der Waals surface area contributed by atoms with Crippen LogP contribution in [0.5, 0.6) is 17.2 Å². The molecule has 0 saturated carbocycles. The van der Waals surface area contributed by atoms with Crippen molar-refractivity contribution < 1.29 is 23.7 Å². The fourth-order valence-electron chi connectivity index (χ4n) is 2.33. The Balaban J connectivity index is 2.06. The normalized spacial score (nSPS) is 10.2. The second-order valence-corrected chi connectivity index (χ2v) is 5.45. The highest BCUT2D eigenvalue weighted by molar-refractivity contribution is 6.04. The van der Waals surface area contributed by atoms with Crippen LogP contribution in [0.1, 0.15) is 16.8 Å². The molecule has 27 heavy (non-hydrogen) atoms. The number of nitrogens with one attached hydrogen (secondary N) is 2. The van der Waals surface area contributed by atoms with Crippen LogP contribution < -0.4 is 24.8 Å². The lowest BCUT2D eigenvalue weighted by molar-refractivity contribution is 0.102. The minimum Gasteiger partial charge on any atom is -0.493 e. The molecular weight excluding hydrogens is 352 g/mol. The standard InChI is InChI=1S/C18H24N4O5/c1-24-9-5-8-19-15-6-7-16(22-21-15)20-18(23)12-10-13(25-2)17(27-4)14(11-12)26-3/h6-7,10-11H,5,8-9H2,1-4H3,(H,19,21)(H,20,22,23). The van der Waals surface area contributed by atoms with Crippen molar-refractivity contribution >= 4 is 17.5 Å². The molecule has 0 saturated heterocycles. The summed E-state index contributed by atoms with van der Waals surface area (Å²) in [4.78, 5) is 12.5. The Kier molecular flexibility index (Phi) is 7.63. The largest absolute Gasteiger partial charge is 0.493 e. The van der Waals surface area contributed by atoms with E-state index < -0.39 is 0 Å². The molecule has 1 heterocycles. The van der Waals surface area contributed by atoms with Gasteiger partial charge in [-0.3, -0.25) is 4.79 Å². The first-order valence-corrected chi connectivity index (χ1v) is 8.30. The van der Waals surface area contributed by atoms with Gasteiger partial charge < -0.3 is 29.6 Å². The summed E-state index contributed by atoms with van der Waals surface area (Å²) in [5.41, 5.74) is 0.341. The topological polar surface area (TPSA) is 104 Å². The molecule has 146 valence electrons. The molecular formula is C18H24N4O5.